The van der Waals surface area contributed by atoms with Crippen molar-refractivity contribution >= 4 is 29.4 Å². The largest absolute Gasteiger partial charge is 0.494 e. The molecule has 0 amide bonds. The monoisotopic (exact) mass is 328 g/mol. The van der Waals surface area contributed by atoms with E-state index in [0.29, 0.717) is 16.3 Å². The molecule has 0 unspecified atom stereocenters. The minimum atomic E-state index is -0.395. The van der Waals surface area contributed by atoms with Crippen molar-refractivity contribution in [1.29, 1.82) is 5.41 Å². The number of rotatable bonds is 4. The summed E-state index contributed by atoms with van der Waals surface area (Å²) in [6, 6.07) is 9.20. The molecule has 1 aliphatic rings. The number of aromatic hydroxyl groups is 1. The molecule has 1 aliphatic heterocycles. The predicted molar refractivity (Wildman–Crippen MR) is 92.7 cm³/mol. The molecule has 6 nitrogen and oxygen atoms in total. The van der Waals surface area contributed by atoms with Crippen molar-refractivity contribution in [3.63, 3.8) is 0 Å². The lowest BCUT2D eigenvalue weighted by molar-refractivity contribution is 0.449. The Morgan fingerprint density at radius 1 is 1.39 bits per heavy atom. The summed E-state index contributed by atoms with van der Waals surface area (Å²) in [5, 5.41) is 24.9. The SMILES string of the molecule is CSCC/C=c1/c(=O)[nH]c(O)c2c1=NN(c1ccccc1)C2=N. The number of para-hydroxylation sites is 1. The number of hydrogen-bond donors (Lipinski definition) is 3. The standard InChI is InChI=1S/C16H16N4O2S/c1-23-9-5-8-11-13-12(16(22)18-15(11)21)14(17)20(19-13)10-6-3-2-4-7-10/h2-4,6-8,17,22H,5,9H2,1H3,(H,18,21)/b11-8+,17-14?. The summed E-state index contributed by atoms with van der Waals surface area (Å²) in [6.07, 6.45) is 4.52. The number of thioether (sulfide) groups is 1. The van der Waals surface area contributed by atoms with Gasteiger partial charge in [0, 0.05) is 0 Å². The number of H-pyrrole nitrogens is 1. The van der Waals surface area contributed by atoms with Crippen molar-refractivity contribution < 1.29 is 5.11 Å². The maximum atomic E-state index is 12.1. The van der Waals surface area contributed by atoms with Crippen LogP contribution in [0.1, 0.15) is 12.0 Å². The lowest BCUT2D eigenvalue weighted by Gasteiger charge is -2.13. The number of amidine groups is 1. The Bertz CT molecular complexity index is 922. The van der Waals surface area contributed by atoms with E-state index in [0.717, 1.165) is 12.2 Å². The van der Waals surface area contributed by atoms with Crippen molar-refractivity contribution in [1.82, 2.24) is 4.98 Å². The molecule has 0 atom stereocenters. The quantitative estimate of drug-likeness (QED) is 0.730. The van der Waals surface area contributed by atoms with E-state index in [1.807, 2.05) is 36.6 Å². The molecule has 0 aliphatic carbocycles. The zero-order valence-corrected chi connectivity index (χ0v) is 13.4. The predicted octanol–water partition coefficient (Wildman–Crippen LogP) is 0.994. The summed E-state index contributed by atoms with van der Waals surface area (Å²) < 4.78 is 0. The van der Waals surface area contributed by atoms with Gasteiger partial charge in [-0.3, -0.25) is 15.2 Å². The molecule has 0 radical (unpaired) electrons. The van der Waals surface area contributed by atoms with Crippen LogP contribution in [-0.4, -0.2) is 27.9 Å². The van der Waals surface area contributed by atoms with E-state index in [2.05, 4.69) is 10.1 Å². The summed E-state index contributed by atoms with van der Waals surface area (Å²) in [5.74, 6) is 0.605. The van der Waals surface area contributed by atoms with E-state index in [4.69, 9.17) is 5.41 Å². The Labute approximate surface area is 136 Å². The molecule has 0 saturated heterocycles. The number of pyridine rings is 1. The smallest absolute Gasteiger partial charge is 0.259 e. The molecule has 0 fully saturated rings. The normalized spacial score (nSPS) is 14.0. The Kier molecular flexibility index (Phi) is 4.20. The van der Waals surface area contributed by atoms with E-state index < -0.39 is 5.56 Å². The van der Waals surface area contributed by atoms with Gasteiger partial charge in [-0.05, 0) is 30.6 Å². The molecular formula is C16H16N4O2S. The van der Waals surface area contributed by atoms with Crippen molar-refractivity contribution in [3.05, 3.63) is 56.8 Å². The van der Waals surface area contributed by atoms with Crippen LogP contribution in [0, 0.1) is 5.41 Å². The van der Waals surface area contributed by atoms with Gasteiger partial charge in [0.25, 0.3) is 5.56 Å². The average Bonchev–Trinajstić information content (AvgIpc) is 2.89. The molecule has 0 saturated carbocycles. The van der Waals surface area contributed by atoms with Gasteiger partial charge in [-0.2, -0.15) is 16.9 Å². The molecule has 1 aromatic carbocycles. The first-order valence-electron chi connectivity index (χ1n) is 7.10. The van der Waals surface area contributed by atoms with Gasteiger partial charge in [0.05, 0.1) is 10.9 Å². The fourth-order valence-electron chi connectivity index (χ4n) is 2.44. The van der Waals surface area contributed by atoms with Crippen LogP contribution in [0.25, 0.3) is 6.08 Å². The van der Waals surface area contributed by atoms with E-state index in [-0.39, 0.29) is 17.3 Å². The van der Waals surface area contributed by atoms with Gasteiger partial charge in [-0.15, -0.1) is 0 Å². The Morgan fingerprint density at radius 2 is 2.13 bits per heavy atom. The number of fused-ring (bicyclic) bond motifs is 1. The van der Waals surface area contributed by atoms with Crippen molar-refractivity contribution in [3.8, 4) is 5.88 Å². The van der Waals surface area contributed by atoms with Gasteiger partial charge in [-0.1, -0.05) is 24.3 Å². The summed E-state index contributed by atoms with van der Waals surface area (Å²) in [7, 11) is 0. The second-order valence-electron chi connectivity index (χ2n) is 5.02. The molecular weight excluding hydrogens is 312 g/mol. The molecule has 118 valence electrons. The average molecular weight is 328 g/mol. The van der Waals surface area contributed by atoms with Crippen LogP contribution in [-0.2, 0) is 0 Å². The first kappa shape index (κ1) is 15.4. The van der Waals surface area contributed by atoms with Crippen LogP contribution < -0.4 is 21.1 Å². The van der Waals surface area contributed by atoms with Crippen LogP contribution in [0.4, 0.5) is 5.69 Å². The highest BCUT2D eigenvalue weighted by atomic mass is 32.2. The lowest BCUT2D eigenvalue weighted by atomic mass is 10.2. The number of aromatic nitrogens is 1. The number of anilines is 1. The van der Waals surface area contributed by atoms with Crippen LogP contribution in [0.2, 0.25) is 0 Å². The number of hydrogen-bond acceptors (Lipinski definition) is 5. The Morgan fingerprint density at radius 3 is 2.83 bits per heavy atom. The van der Waals surface area contributed by atoms with Crippen LogP contribution in [0.3, 0.4) is 0 Å². The second kappa shape index (κ2) is 6.29. The van der Waals surface area contributed by atoms with E-state index in [1.54, 1.807) is 17.8 Å². The Hall–Kier alpha value is -2.54. The van der Waals surface area contributed by atoms with E-state index >= 15 is 0 Å². The molecule has 2 aromatic rings. The highest BCUT2D eigenvalue weighted by molar-refractivity contribution is 7.98. The number of benzene rings is 1. The zero-order chi connectivity index (χ0) is 16.4. The van der Waals surface area contributed by atoms with Crippen LogP contribution >= 0.6 is 11.8 Å². The van der Waals surface area contributed by atoms with Crippen molar-refractivity contribution in [2.45, 2.75) is 6.42 Å². The van der Waals surface area contributed by atoms with E-state index in [1.165, 1.54) is 5.01 Å². The van der Waals surface area contributed by atoms with Crippen molar-refractivity contribution in [2.24, 2.45) is 5.10 Å². The summed E-state index contributed by atoms with van der Waals surface area (Å²) in [6.45, 7) is 0. The van der Waals surface area contributed by atoms with Gasteiger partial charge in [0.2, 0.25) is 5.88 Å². The molecule has 1 aromatic heterocycles. The third kappa shape index (κ3) is 2.75. The molecule has 23 heavy (non-hydrogen) atoms. The lowest BCUT2D eigenvalue weighted by Crippen LogP contribution is -2.42. The first-order chi connectivity index (χ1) is 11.1. The minimum absolute atomic E-state index is 0.0412. The second-order valence-corrected chi connectivity index (χ2v) is 6.01. The highest BCUT2D eigenvalue weighted by Crippen LogP contribution is 2.21. The molecule has 2 heterocycles. The van der Waals surface area contributed by atoms with E-state index in [9.17, 15) is 9.90 Å². The van der Waals surface area contributed by atoms with Gasteiger partial charge in [0.15, 0.2) is 5.84 Å². The highest BCUT2D eigenvalue weighted by Gasteiger charge is 2.26. The summed E-state index contributed by atoms with van der Waals surface area (Å²) in [5.41, 5.74) is 0.563. The van der Waals surface area contributed by atoms with Gasteiger partial charge in [-0.25, -0.2) is 5.01 Å². The van der Waals surface area contributed by atoms with Crippen LogP contribution in [0.15, 0.2) is 40.2 Å². The maximum Gasteiger partial charge on any atom is 0.259 e. The minimum Gasteiger partial charge on any atom is -0.494 e. The maximum absolute atomic E-state index is 12.1. The summed E-state index contributed by atoms with van der Waals surface area (Å²) in [4.78, 5) is 14.5. The Balaban J connectivity index is 2.20. The van der Waals surface area contributed by atoms with Gasteiger partial charge >= 0.3 is 0 Å². The number of aromatic amines is 1. The molecule has 3 N–H and O–H groups in total. The number of nitrogens with one attached hydrogen (secondary N) is 2. The zero-order valence-electron chi connectivity index (χ0n) is 12.5. The van der Waals surface area contributed by atoms with Crippen molar-refractivity contribution in [2.75, 3.05) is 17.0 Å². The topological polar surface area (TPSA) is 92.5 Å². The molecule has 0 bridgehead atoms. The third-order valence-electron chi connectivity index (χ3n) is 3.53. The first-order valence-corrected chi connectivity index (χ1v) is 8.50. The molecule has 7 heteroatoms. The molecule has 0 spiro atoms. The van der Waals surface area contributed by atoms with Gasteiger partial charge in [0.1, 0.15) is 10.9 Å². The fraction of sp³-hybridized carbons (Fsp3) is 0.188. The fourth-order valence-corrected chi connectivity index (χ4v) is 2.80. The third-order valence-corrected chi connectivity index (χ3v) is 4.17. The van der Waals surface area contributed by atoms with Crippen LogP contribution in [0.5, 0.6) is 5.88 Å². The summed E-state index contributed by atoms with van der Waals surface area (Å²) >= 11 is 1.68. The van der Waals surface area contributed by atoms with Gasteiger partial charge < -0.3 is 5.11 Å². The molecule has 3 rings (SSSR count). The number of nitrogens with zero attached hydrogens (tertiary/aromatic N) is 2.